The number of nitrogens with one attached hydrogen (secondary N) is 1. The lowest BCUT2D eigenvalue weighted by atomic mass is 10.1. The number of rotatable bonds is 5. The van der Waals surface area contributed by atoms with Gasteiger partial charge in [-0.05, 0) is 24.3 Å². The third-order valence-corrected chi connectivity index (χ3v) is 4.56. The van der Waals surface area contributed by atoms with Crippen molar-refractivity contribution in [2.45, 2.75) is 0 Å². The predicted molar refractivity (Wildman–Crippen MR) is 115 cm³/mol. The molecule has 0 aliphatic carbocycles. The van der Waals surface area contributed by atoms with Crippen molar-refractivity contribution in [1.29, 1.82) is 0 Å². The number of nitro benzene ring substituents is 1. The van der Waals surface area contributed by atoms with Crippen LogP contribution in [0.3, 0.4) is 0 Å². The average Bonchev–Trinajstić information content (AvgIpc) is 3.20. The van der Waals surface area contributed by atoms with Gasteiger partial charge in [-0.2, -0.15) is 0 Å². The van der Waals surface area contributed by atoms with E-state index >= 15 is 0 Å². The highest BCUT2D eigenvalue weighted by Gasteiger charge is 2.20. The van der Waals surface area contributed by atoms with Gasteiger partial charge in [0.15, 0.2) is 0 Å². The smallest absolute Gasteiger partial charge is 0.269 e. The number of para-hydroxylation sites is 1. The molecule has 1 heterocycles. The molecular formula is C21H15N5O2S. The number of anilines is 1. The van der Waals surface area contributed by atoms with Crippen molar-refractivity contribution in [2.75, 3.05) is 5.32 Å². The zero-order valence-corrected chi connectivity index (χ0v) is 15.9. The Morgan fingerprint density at radius 1 is 0.931 bits per heavy atom. The first-order valence-electron chi connectivity index (χ1n) is 8.76. The SMILES string of the molecule is O=[N+]([O-])c1ccc(-n2nnc(C(=S)Nc3ccccc3)c2-c2ccccc2)cc1. The predicted octanol–water partition coefficient (Wildman–Crippen LogP) is 4.63. The van der Waals surface area contributed by atoms with Gasteiger partial charge in [0, 0.05) is 23.4 Å². The summed E-state index contributed by atoms with van der Waals surface area (Å²) in [6.45, 7) is 0. The first-order chi connectivity index (χ1) is 14.1. The highest BCUT2D eigenvalue weighted by atomic mass is 32.1. The molecule has 0 spiro atoms. The first-order valence-corrected chi connectivity index (χ1v) is 9.16. The minimum absolute atomic E-state index is 0.0108. The van der Waals surface area contributed by atoms with Crippen molar-refractivity contribution in [1.82, 2.24) is 15.0 Å². The van der Waals surface area contributed by atoms with Gasteiger partial charge in [0.05, 0.1) is 10.6 Å². The lowest BCUT2D eigenvalue weighted by molar-refractivity contribution is -0.384. The van der Waals surface area contributed by atoms with Crippen LogP contribution in [0, 0.1) is 10.1 Å². The lowest BCUT2D eigenvalue weighted by Crippen LogP contribution is -2.12. The maximum atomic E-state index is 10.9. The maximum absolute atomic E-state index is 10.9. The Labute approximate surface area is 171 Å². The molecule has 142 valence electrons. The van der Waals surface area contributed by atoms with Crippen molar-refractivity contribution in [2.24, 2.45) is 0 Å². The first kappa shape index (κ1) is 18.5. The van der Waals surface area contributed by atoms with Crippen LogP contribution in [-0.2, 0) is 0 Å². The number of non-ortho nitro benzene ring substituents is 1. The molecule has 4 aromatic rings. The van der Waals surface area contributed by atoms with E-state index in [1.807, 2.05) is 60.7 Å². The molecule has 7 nitrogen and oxygen atoms in total. The van der Waals surface area contributed by atoms with Gasteiger partial charge in [0.2, 0.25) is 0 Å². The highest BCUT2D eigenvalue weighted by Crippen LogP contribution is 2.27. The third kappa shape index (κ3) is 3.87. The summed E-state index contributed by atoms with van der Waals surface area (Å²) in [5.74, 6) is 0. The summed E-state index contributed by atoms with van der Waals surface area (Å²) in [4.78, 5) is 10.9. The number of benzene rings is 3. The second-order valence-corrected chi connectivity index (χ2v) is 6.57. The van der Waals surface area contributed by atoms with E-state index < -0.39 is 4.92 Å². The number of hydrogen-bond donors (Lipinski definition) is 1. The normalized spacial score (nSPS) is 10.5. The molecule has 0 bridgehead atoms. The number of nitrogens with zero attached hydrogens (tertiary/aromatic N) is 4. The standard InChI is InChI=1S/C21H15N5O2S/c27-26(28)18-13-11-17(12-14-18)25-20(15-7-3-1-4-8-15)19(23-24-25)21(29)22-16-9-5-2-6-10-16/h1-14H,(H,22,29). The highest BCUT2D eigenvalue weighted by molar-refractivity contribution is 7.81. The van der Waals surface area contributed by atoms with Crippen LogP contribution in [0.5, 0.6) is 0 Å². The molecule has 1 N–H and O–H groups in total. The van der Waals surface area contributed by atoms with Gasteiger partial charge in [-0.3, -0.25) is 10.1 Å². The Kier molecular flexibility index (Phi) is 5.08. The molecule has 0 radical (unpaired) electrons. The molecule has 29 heavy (non-hydrogen) atoms. The van der Waals surface area contributed by atoms with Crippen LogP contribution in [0.2, 0.25) is 0 Å². The molecule has 8 heteroatoms. The lowest BCUT2D eigenvalue weighted by Gasteiger charge is -2.10. The number of aromatic nitrogens is 3. The Morgan fingerprint density at radius 3 is 2.17 bits per heavy atom. The molecule has 0 aliphatic rings. The van der Waals surface area contributed by atoms with Crippen molar-refractivity contribution in [3.05, 3.63) is 101 Å². The van der Waals surface area contributed by atoms with E-state index in [9.17, 15) is 10.1 Å². The van der Waals surface area contributed by atoms with E-state index in [0.29, 0.717) is 22.1 Å². The van der Waals surface area contributed by atoms with Gasteiger partial charge in [0.25, 0.3) is 5.69 Å². The van der Waals surface area contributed by atoms with Crippen LogP contribution in [-0.4, -0.2) is 24.9 Å². The molecule has 1 aromatic heterocycles. The van der Waals surface area contributed by atoms with Crippen LogP contribution in [0.4, 0.5) is 11.4 Å². The topological polar surface area (TPSA) is 85.9 Å². The summed E-state index contributed by atoms with van der Waals surface area (Å²) >= 11 is 5.59. The van der Waals surface area contributed by atoms with E-state index in [1.54, 1.807) is 16.8 Å². The fourth-order valence-electron chi connectivity index (χ4n) is 2.90. The van der Waals surface area contributed by atoms with Gasteiger partial charge in [0.1, 0.15) is 16.4 Å². The molecule has 0 fully saturated rings. The van der Waals surface area contributed by atoms with E-state index in [2.05, 4.69) is 15.6 Å². The van der Waals surface area contributed by atoms with Crippen LogP contribution < -0.4 is 5.32 Å². The molecule has 4 rings (SSSR count). The molecule has 0 amide bonds. The largest absolute Gasteiger partial charge is 0.345 e. The van der Waals surface area contributed by atoms with Crippen LogP contribution >= 0.6 is 12.2 Å². The zero-order valence-electron chi connectivity index (χ0n) is 15.1. The van der Waals surface area contributed by atoms with Crippen LogP contribution in [0.25, 0.3) is 16.9 Å². The third-order valence-electron chi connectivity index (χ3n) is 4.27. The van der Waals surface area contributed by atoms with Crippen LogP contribution in [0.1, 0.15) is 5.69 Å². The van der Waals surface area contributed by atoms with Crippen LogP contribution in [0.15, 0.2) is 84.9 Å². The van der Waals surface area contributed by atoms with Crippen molar-refractivity contribution >= 4 is 28.6 Å². The van der Waals surface area contributed by atoms with Gasteiger partial charge in [-0.1, -0.05) is 66.0 Å². The van der Waals surface area contributed by atoms with Gasteiger partial charge in [-0.25, -0.2) is 4.68 Å². The quantitative estimate of drug-likeness (QED) is 0.298. The van der Waals surface area contributed by atoms with Crippen molar-refractivity contribution < 1.29 is 4.92 Å². The number of hydrogen-bond acceptors (Lipinski definition) is 5. The molecule has 0 unspecified atom stereocenters. The minimum Gasteiger partial charge on any atom is -0.345 e. The molecule has 0 aliphatic heterocycles. The summed E-state index contributed by atoms with van der Waals surface area (Å²) in [6, 6.07) is 25.4. The summed E-state index contributed by atoms with van der Waals surface area (Å²) in [5, 5.41) is 22.7. The summed E-state index contributed by atoms with van der Waals surface area (Å²) < 4.78 is 1.63. The number of thiocarbonyl (C=S) groups is 1. The summed E-state index contributed by atoms with van der Waals surface area (Å²) in [6.07, 6.45) is 0. The molecule has 3 aromatic carbocycles. The summed E-state index contributed by atoms with van der Waals surface area (Å²) in [5.41, 5.74) is 3.61. The van der Waals surface area contributed by atoms with E-state index in [1.165, 1.54) is 12.1 Å². The van der Waals surface area contributed by atoms with Crippen molar-refractivity contribution in [3.63, 3.8) is 0 Å². The van der Waals surface area contributed by atoms with E-state index in [-0.39, 0.29) is 5.69 Å². The molecule has 0 saturated carbocycles. The fraction of sp³-hybridized carbons (Fsp3) is 0. The second kappa shape index (κ2) is 7.99. The Bertz CT molecular complexity index is 1160. The minimum atomic E-state index is -0.437. The van der Waals surface area contributed by atoms with Gasteiger partial charge in [-0.15, -0.1) is 5.10 Å². The maximum Gasteiger partial charge on any atom is 0.269 e. The average molecular weight is 401 g/mol. The Balaban J connectivity index is 1.78. The van der Waals surface area contributed by atoms with Gasteiger partial charge < -0.3 is 5.32 Å². The monoisotopic (exact) mass is 401 g/mol. The molecule has 0 saturated heterocycles. The molecular weight excluding hydrogens is 386 g/mol. The van der Waals surface area contributed by atoms with Crippen molar-refractivity contribution in [3.8, 4) is 16.9 Å². The zero-order chi connectivity index (χ0) is 20.2. The summed E-state index contributed by atoms with van der Waals surface area (Å²) in [7, 11) is 0. The van der Waals surface area contributed by atoms with E-state index in [0.717, 1.165) is 11.3 Å². The second-order valence-electron chi connectivity index (χ2n) is 6.16. The Morgan fingerprint density at radius 2 is 1.55 bits per heavy atom. The number of nitro groups is 1. The fourth-order valence-corrected chi connectivity index (χ4v) is 3.15. The van der Waals surface area contributed by atoms with Gasteiger partial charge >= 0.3 is 0 Å². The Hall–Kier alpha value is -3.91. The molecule has 0 atom stereocenters. The van der Waals surface area contributed by atoms with E-state index in [4.69, 9.17) is 12.2 Å².